The van der Waals surface area contributed by atoms with Crippen molar-refractivity contribution in [3.05, 3.63) is 101 Å². The molecule has 0 aliphatic heterocycles. The summed E-state index contributed by atoms with van der Waals surface area (Å²) in [5.74, 6) is 1.32. The zero-order chi connectivity index (χ0) is 18.5. The minimum Gasteiger partial charge on any atom is -0.487 e. The summed E-state index contributed by atoms with van der Waals surface area (Å²) in [6, 6.07) is 20.5. The predicted octanol–water partition coefficient (Wildman–Crippen LogP) is 3.28. The highest BCUT2D eigenvalue weighted by Crippen LogP contribution is 2.16. The van der Waals surface area contributed by atoms with E-state index < -0.39 is 0 Å². The highest BCUT2D eigenvalue weighted by atomic mass is 16.5. The predicted molar refractivity (Wildman–Crippen MR) is 104 cm³/mol. The number of benzene rings is 1. The van der Waals surface area contributed by atoms with Gasteiger partial charge in [-0.3, -0.25) is 14.2 Å². The third-order valence-corrected chi connectivity index (χ3v) is 4.06. The number of pyridine rings is 2. The summed E-state index contributed by atoms with van der Waals surface area (Å²) >= 11 is 0. The van der Waals surface area contributed by atoms with Gasteiger partial charge in [0.25, 0.3) is 5.56 Å². The van der Waals surface area contributed by atoms with Crippen LogP contribution < -0.4 is 15.6 Å². The number of aromatic nitrogens is 3. The van der Waals surface area contributed by atoms with Crippen molar-refractivity contribution in [1.82, 2.24) is 14.4 Å². The van der Waals surface area contributed by atoms with E-state index in [1.165, 1.54) is 10.5 Å². The Morgan fingerprint density at radius 3 is 2.81 bits per heavy atom. The van der Waals surface area contributed by atoms with Gasteiger partial charge in [-0.05, 0) is 42.0 Å². The Bertz CT molecular complexity index is 1110. The van der Waals surface area contributed by atoms with Crippen molar-refractivity contribution in [3.63, 3.8) is 0 Å². The van der Waals surface area contributed by atoms with Crippen molar-refractivity contribution in [1.29, 1.82) is 0 Å². The van der Waals surface area contributed by atoms with Gasteiger partial charge in [-0.25, -0.2) is 4.98 Å². The zero-order valence-electron chi connectivity index (χ0n) is 14.6. The van der Waals surface area contributed by atoms with E-state index in [9.17, 15) is 4.79 Å². The van der Waals surface area contributed by atoms with Crippen molar-refractivity contribution < 1.29 is 4.74 Å². The highest BCUT2D eigenvalue weighted by molar-refractivity contribution is 5.46. The number of hydrogen-bond donors (Lipinski definition) is 1. The Morgan fingerprint density at radius 1 is 1.00 bits per heavy atom. The minimum absolute atomic E-state index is 0.115. The molecular weight excluding hydrogens is 340 g/mol. The largest absolute Gasteiger partial charge is 0.487 e. The van der Waals surface area contributed by atoms with Crippen LogP contribution >= 0.6 is 0 Å². The first-order valence-corrected chi connectivity index (χ1v) is 8.62. The van der Waals surface area contributed by atoms with Crippen molar-refractivity contribution >= 4 is 11.5 Å². The highest BCUT2D eigenvalue weighted by Gasteiger charge is 2.03. The van der Waals surface area contributed by atoms with Gasteiger partial charge in [-0.15, -0.1) is 0 Å². The lowest BCUT2D eigenvalue weighted by Crippen LogP contribution is -2.15. The Kier molecular flexibility index (Phi) is 4.78. The van der Waals surface area contributed by atoms with Crippen LogP contribution in [0.5, 0.6) is 5.75 Å². The van der Waals surface area contributed by atoms with Crippen molar-refractivity contribution in [3.8, 4) is 5.75 Å². The molecule has 0 aliphatic rings. The smallest absolute Gasteiger partial charge is 0.259 e. The van der Waals surface area contributed by atoms with Gasteiger partial charge in [0.05, 0.1) is 5.69 Å². The molecule has 6 nitrogen and oxygen atoms in total. The van der Waals surface area contributed by atoms with Gasteiger partial charge < -0.3 is 10.1 Å². The minimum atomic E-state index is -0.115. The molecule has 6 heteroatoms. The van der Waals surface area contributed by atoms with Crippen LogP contribution in [0.3, 0.4) is 0 Å². The maximum absolute atomic E-state index is 12.1. The van der Waals surface area contributed by atoms with Crippen LogP contribution in [0.15, 0.2) is 83.9 Å². The number of rotatable bonds is 6. The molecule has 0 radical (unpaired) electrons. The molecule has 0 bridgehead atoms. The number of ether oxygens (including phenoxy) is 1. The van der Waals surface area contributed by atoms with Crippen LogP contribution in [-0.2, 0) is 13.2 Å². The number of anilines is 1. The summed E-state index contributed by atoms with van der Waals surface area (Å²) in [7, 11) is 0. The molecule has 0 spiro atoms. The summed E-state index contributed by atoms with van der Waals surface area (Å²) in [4.78, 5) is 20.9. The quantitative estimate of drug-likeness (QED) is 0.573. The normalized spacial score (nSPS) is 10.7. The molecule has 3 heterocycles. The standard InChI is InChI=1S/C21H18N4O2/c26-21-13-19(24-20-9-2-4-11-25(20)21)23-14-16-6-5-8-18(12-16)27-15-17-7-1-3-10-22-17/h1-13,23H,14-15H2. The number of fused-ring (bicyclic) bond motifs is 1. The number of hydrogen-bond acceptors (Lipinski definition) is 5. The van der Waals surface area contributed by atoms with Gasteiger partial charge in [-0.1, -0.05) is 24.3 Å². The first-order chi connectivity index (χ1) is 13.3. The first-order valence-electron chi connectivity index (χ1n) is 8.62. The Balaban J connectivity index is 1.43. The molecular formula is C21H18N4O2. The molecule has 27 heavy (non-hydrogen) atoms. The zero-order valence-corrected chi connectivity index (χ0v) is 14.6. The lowest BCUT2D eigenvalue weighted by atomic mass is 10.2. The molecule has 0 fully saturated rings. The van der Waals surface area contributed by atoms with Crippen molar-refractivity contribution in [2.45, 2.75) is 13.2 Å². The Morgan fingerprint density at radius 2 is 1.93 bits per heavy atom. The molecule has 0 aliphatic carbocycles. The van der Waals surface area contributed by atoms with E-state index in [1.54, 1.807) is 24.5 Å². The Labute approximate surface area is 156 Å². The van der Waals surface area contributed by atoms with E-state index in [1.807, 2.05) is 48.5 Å². The lowest BCUT2D eigenvalue weighted by molar-refractivity contribution is 0.301. The maximum Gasteiger partial charge on any atom is 0.259 e. The fraction of sp³-hybridized carbons (Fsp3) is 0.0952. The summed E-state index contributed by atoms with van der Waals surface area (Å²) in [6.45, 7) is 0.955. The van der Waals surface area contributed by atoms with Gasteiger partial charge in [0, 0.05) is 25.0 Å². The van der Waals surface area contributed by atoms with E-state index in [0.717, 1.165) is 17.0 Å². The van der Waals surface area contributed by atoms with Gasteiger partial charge >= 0.3 is 0 Å². The molecule has 0 atom stereocenters. The van der Waals surface area contributed by atoms with Crippen LogP contribution in [0.25, 0.3) is 5.65 Å². The average Bonchev–Trinajstić information content (AvgIpc) is 2.72. The second-order valence-electron chi connectivity index (χ2n) is 6.02. The Hall–Kier alpha value is -3.67. The van der Waals surface area contributed by atoms with Crippen LogP contribution in [0.2, 0.25) is 0 Å². The van der Waals surface area contributed by atoms with Gasteiger partial charge in [0.1, 0.15) is 23.8 Å². The molecule has 1 N–H and O–H groups in total. The second-order valence-corrected chi connectivity index (χ2v) is 6.02. The average molecular weight is 358 g/mol. The third-order valence-electron chi connectivity index (χ3n) is 4.06. The van der Waals surface area contributed by atoms with Crippen LogP contribution in [0.4, 0.5) is 5.82 Å². The molecule has 1 aromatic carbocycles. The molecule has 0 saturated heterocycles. The van der Waals surface area contributed by atoms with Crippen LogP contribution in [0.1, 0.15) is 11.3 Å². The molecule has 4 rings (SSSR count). The summed E-state index contributed by atoms with van der Waals surface area (Å²) in [6.07, 6.45) is 3.45. The topological polar surface area (TPSA) is 68.5 Å². The van der Waals surface area contributed by atoms with Gasteiger partial charge in [0.15, 0.2) is 0 Å². The van der Waals surface area contributed by atoms with E-state index >= 15 is 0 Å². The third kappa shape index (κ3) is 4.12. The molecule has 0 unspecified atom stereocenters. The first kappa shape index (κ1) is 16.8. The molecule has 0 amide bonds. The van der Waals surface area contributed by atoms with E-state index in [4.69, 9.17) is 4.74 Å². The summed E-state index contributed by atoms with van der Waals surface area (Å²) in [5, 5.41) is 3.20. The molecule has 0 saturated carbocycles. The van der Waals surface area contributed by atoms with Crippen molar-refractivity contribution in [2.75, 3.05) is 5.32 Å². The van der Waals surface area contributed by atoms with Crippen molar-refractivity contribution in [2.24, 2.45) is 0 Å². The summed E-state index contributed by atoms with van der Waals surface area (Å²) in [5.41, 5.74) is 2.40. The fourth-order valence-electron chi connectivity index (χ4n) is 2.72. The second kappa shape index (κ2) is 7.70. The van der Waals surface area contributed by atoms with Gasteiger partial charge in [0.2, 0.25) is 0 Å². The SMILES string of the molecule is O=c1cc(NCc2cccc(OCc3ccccn3)c2)nc2ccccn12. The number of nitrogens with one attached hydrogen (secondary N) is 1. The van der Waals surface area contributed by atoms with Gasteiger partial charge in [-0.2, -0.15) is 0 Å². The summed E-state index contributed by atoms with van der Waals surface area (Å²) < 4.78 is 7.31. The molecule has 134 valence electrons. The van der Waals surface area contributed by atoms with Crippen LogP contribution in [-0.4, -0.2) is 14.4 Å². The van der Waals surface area contributed by atoms with E-state index in [2.05, 4.69) is 15.3 Å². The van der Waals surface area contributed by atoms with E-state index in [0.29, 0.717) is 24.6 Å². The number of nitrogens with zero attached hydrogens (tertiary/aromatic N) is 3. The maximum atomic E-state index is 12.1. The van der Waals surface area contributed by atoms with Crippen LogP contribution in [0, 0.1) is 0 Å². The monoisotopic (exact) mass is 358 g/mol. The molecule has 4 aromatic rings. The molecule has 3 aromatic heterocycles. The fourth-order valence-corrected chi connectivity index (χ4v) is 2.72. The van der Waals surface area contributed by atoms with E-state index in [-0.39, 0.29) is 5.56 Å². The lowest BCUT2D eigenvalue weighted by Gasteiger charge is -2.10.